The van der Waals surface area contributed by atoms with Crippen LogP contribution in [0, 0.1) is 17.3 Å². The molecule has 0 N–H and O–H groups in total. The Labute approximate surface area is 138 Å². The summed E-state index contributed by atoms with van der Waals surface area (Å²) < 4.78 is 5.50. The fourth-order valence-electron chi connectivity index (χ4n) is 4.40. The van der Waals surface area contributed by atoms with Crippen LogP contribution in [0.15, 0.2) is 22.8 Å². The summed E-state index contributed by atoms with van der Waals surface area (Å²) in [7, 11) is 0. The van der Waals surface area contributed by atoms with Crippen LogP contribution in [0.25, 0.3) is 0 Å². The predicted octanol–water partition coefficient (Wildman–Crippen LogP) is 5.47. The molecule has 3 heteroatoms. The minimum Gasteiger partial charge on any atom is -0.469 e. The van der Waals surface area contributed by atoms with Crippen molar-refractivity contribution in [1.82, 2.24) is 0 Å². The Balaban J connectivity index is 1.42. The van der Waals surface area contributed by atoms with Gasteiger partial charge >= 0.3 is 0 Å². The monoisotopic (exact) mass is 320 g/mol. The van der Waals surface area contributed by atoms with Gasteiger partial charge in [-0.3, -0.25) is 4.79 Å². The summed E-state index contributed by atoms with van der Waals surface area (Å²) >= 11 is 1.53. The molecule has 2 fully saturated rings. The molecule has 0 saturated heterocycles. The van der Waals surface area contributed by atoms with Gasteiger partial charge in [-0.1, -0.05) is 11.8 Å². The van der Waals surface area contributed by atoms with E-state index in [1.54, 1.807) is 13.2 Å². The van der Waals surface area contributed by atoms with E-state index in [0.29, 0.717) is 5.41 Å². The topological polar surface area (TPSA) is 30.2 Å². The number of furan rings is 1. The fraction of sp³-hybridized carbons (Fsp3) is 0.737. The largest absolute Gasteiger partial charge is 0.469 e. The highest BCUT2D eigenvalue weighted by molar-refractivity contribution is 8.13. The third kappa shape index (κ3) is 4.18. The van der Waals surface area contributed by atoms with Crippen molar-refractivity contribution in [2.24, 2.45) is 17.3 Å². The van der Waals surface area contributed by atoms with Gasteiger partial charge in [0.2, 0.25) is 0 Å². The second-order valence-corrected chi connectivity index (χ2v) is 8.67. The van der Waals surface area contributed by atoms with Gasteiger partial charge in [0.25, 0.3) is 0 Å². The molecular weight excluding hydrogens is 292 g/mol. The van der Waals surface area contributed by atoms with Gasteiger partial charge in [-0.2, -0.15) is 0 Å². The van der Waals surface area contributed by atoms with Crippen LogP contribution in [0.1, 0.15) is 64.1 Å². The van der Waals surface area contributed by atoms with Crippen LogP contribution in [0.4, 0.5) is 0 Å². The van der Waals surface area contributed by atoms with Crippen LogP contribution in [-0.4, -0.2) is 10.9 Å². The molecule has 2 aliphatic carbocycles. The van der Waals surface area contributed by atoms with E-state index in [4.69, 9.17) is 4.42 Å². The highest BCUT2D eigenvalue weighted by atomic mass is 32.2. The van der Waals surface area contributed by atoms with Gasteiger partial charge in [0, 0.05) is 19.1 Å². The molecule has 1 spiro atoms. The Hall–Kier alpha value is -0.700. The third-order valence-corrected chi connectivity index (χ3v) is 6.97. The van der Waals surface area contributed by atoms with Gasteiger partial charge in [-0.05, 0) is 80.8 Å². The van der Waals surface area contributed by atoms with E-state index < -0.39 is 0 Å². The zero-order valence-corrected chi connectivity index (χ0v) is 14.5. The molecular formula is C19H28O2S. The zero-order valence-electron chi connectivity index (χ0n) is 13.7. The lowest BCUT2D eigenvalue weighted by atomic mass is 9.61. The van der Waals surface area contributed by atoms with Gasteiger partial charge in [0.05, 0.1) is 6.26 Å². The van der Waals surface area contributed by atoms with Crippen LogP contribution >= 0.6 is 11.8 Å². The Morgan fingerprint density at radius 1 is 1.18 bits per heavy atom. The maximum atomic E-state index is 11.1. The minimum atomic E-state index is 0.277. The molecule has 2 saturated carbocycles. The number of rotatable bonds is 4. The summed E-state index contributed by atoms with van der Waals surface area (Å²) in [5, 5.41) is 0.277. The van der Waals surface area contributed by atoms with Gasteiger partial charge < -0.3 is 4.42 Å². The summed E-state index contributed by atoms with van der Waals surface area (Å²) in [6, 6.07) is 4.11. The molecule has 3 rings (SSSR count). The van der Waals surface area contributed by atoms with Crippen LogP contribution < -0.4 is 0 Å². The molecule has 1 heterocycles. The quantitative estimate of drug-likeness (QED) is 0.737. The van der Waals surface area contributed by atoms with Crippen molar-refractivity contribution in [2.75, 3.05) is 5.75 Å². The van der Waals surface area contributed by atoms with E-state index in [-0.39, 0.29) is 5.12 Å². The number of carbonyl (C=O) groups excluding carboxylic acids is 1. The zero-order chi connectivity index (χ0) is 15.4. The van der Waals surface area contributed by atoms with E-state index in [2.05, 4.69) is 6.07 Å². The number of carbonyl (C=O) groups is 1. The summed E-state index contributed by atoms with van der Waals surface area (Å²) in [5.74, 6) is 3.81. The van der Waals surface area contributed by atoms with Gasteiger partial charge in [-0.25, -0.2) is 0 Å². The SMILES string of the molecule is CC(=O)SCC1CCC2(CC1)CCC(Cc1ccco1)CC2. The third-order valence-electron chi connectivity index (χ3n) is 5.92. The average molecular weight is 320 g/mol. The highest BCUT2D eigenvalue weighted by Crippen LogP contribution is 2.50. The molecule has 1 aromatic rings. The molecule has 0 atom stereocenters. The minimum absolute atomic E-state index is 0.277. The molecule has 0 aliphatic heterocycles. The Morgan fingerprint density at radius 3 is 2.36 bits per heavy atom. The summed E-state index contributed by atoms with van der Waals surface area (Å²) in [6.45, 7) is 1.69. The normalized spacial score (nSPS) is 32.2. The molecule has 2 nitrogen and oxygen atoms in total. The van der Waals surface area contributed by atoms with Gasteiger partial charge in [-0.15, -0.1) is 0 Å². The number of hydrogen-bond donors (Lipinski definition) is 0. The van der Waals surface area contributed by atoms with Crippen LogP contribution in [-0.2, 0) is 11.2 Å². The molecule has 22 heavy (non-hydrogen) atoms. The lowest BCUT2D eigenvalue weighted by molar-refractivity contribution is -0.109. The van der Waals surface area contributed by atoms with Gasteiger partial charge in [0.1, 0.15) is 5.76 Å². The van der Waals surface area contributed by atoms with Crippen LogP contribution in [0.5, 0.6) is 0 Å². The number of hydrogen-bond acceptors (Lipinski definition) is 3. The molecule has 0 radical (unpaired) electrons. The predicted molar refractivity (Wildman–Crippen MR) is 91.9 cm³/mol. The van der Waals surface area contributed by atoms with E-state index in [1.807, 2.05) is 6.07 Å². The second-order valence-electron chi connectivity index (χ2n) is 7.47. The standard InChI is InChI=1S/C19H28O2S/c1-15(20)22-14-17-6-10-19(11-7-17)8-4-16(5-9-19)13-18-3-2-12-21-18/h2-3,12,16-17H,4-11,13-14H2,1H3. The summed E-state index contributed by atoms with van der Waals surface area (Å²) in [5.41, 5.74) is 0.636. The van der Waals surface area contributed by atoms with Crippen molar-refractivity contribution in [3.63, 3.8) is 0 Å². The Kier molecular flexibility index (Phi) is 5.33. The molecule has 0 amide bonds. The maximum absolute atomic E-state index is 11.1. The lowest BCUT2D eigenvalue weighted by Gasteiger charge is -2.45. The molecule has 122 valence electrons. The summed E-state index contributed by atoms with van der Waals surface area (Å²) in [6.07, 6.45) is 13.9. The molecule has 0 unspecified atom stereocenters. The maximum Gasteiger partial charge on any atom is 0.185 e. The second kappa shape index (κ2) is 7.25. The van der Waals surface area contributed by atoms with Crippen molar-refractivity contribution in [2.45, 2.75) is 64.7 Å². The van der Waals surface area contributed by atoms with E-state index in [0.717, 1.165) is 29.8 Å². The lowest BCUT2D eigenvalue weighted by Crippen LogP contribution is -2.33. The number of thioether (sulfide) groups is 1. The van der Waals surface area contributed by atoms with Crippen molar-refractivity contribution >= 4 is 16.9 Å². The summed E-state index contributed by atoms with van der Waals surface area (Å²) in [4.78, 5) is 11.1. The average Bonchev–Trinajstić information content (AvgIpc) is 3.02. The molecule has 0 bridgehead atoms. The van der Waals surface area contributed by atoms with Crippen molar-refractivity contribution < 1.29 is 9.21 Å². The van der Waals surface area contributed by atoms with Crippen molar-refractivity contribution in [3.05, 3.63) is 24.2 Å². The van der Waals surface area contributed by atoms with Crippen molar-refractivity contribution in [3.8, 4) is 0 Å². The van der Waals surface area contributed by atoms with E-state index in [1.165, 1.54) is 63.1 Å². The van der Waals surface area contributed by atoms with E-state index >= 15 is 0 Å². The van der Waals surface area contributed by atoms with E-state index in [9.17, 15) is 4.79 Å². The molecule has 2 aliphatic rings. The van der Waals surface area contributed by atoms with Gasteiger partial charge in [0.15, 0.2) is 5.12 Å². The molecule has 0 aromatic carbocycles. The first kappa shape index (κ1) is 16.2. The van der Waals surface area contributed by atoms with Crippen LogP contribution in [0.3, 0.4) is 0 Å². The smallest absolute Gasteiger partial charge is 0.185 e. The Morgan fingerprint density at radius 2 is 1.82 bits per heavy atom. The van der Waals surface area contributed by atoms with Crippen LogP contribution in [0.2, 0.25) is 0 Å². The van der Waals surface area contributed by atoms with Crippen molar-refractivity contribution in [1.29, 1.82) is 0 Å². The first-order chi connectivity index (χ1) is 10.7. The highest BCUT2D eigenvalue weighted by Gasteiger charge is 2.38. The fourth-order valence-corrected chi connectivity index (χ4v) is 5.20. The Bertz CT molecular complexity index is 462. The first-order valence-corrected chi connectivity index (χ1v) is 9.79. The first-order valence-electron chi connectivity index (χ1n) is 8.81. The molecule has 1 aromatic heterocycles.